The summed E-state index contributed by atoms with van der Waals surface area (Å²) in [6, 6.07) is 3.01. The number of benzene rings is 2. The van der Waals surface area contributed by atoms with E-state index >= 15 is 0 Å². The number of anilines is 2. The van der Waals surface area contributed by atoms with Crippen LogP contribution in [0.2, 0.25) is 0 Å². The van der Waals surface area contributed by atoms with Crippen LogP contribution in [-0.2, 0) is 0 Å². The molecule has 0 amide bonds. The second-order valence-corrected chi connectivity index (χ2v) is 8.75. The van der Waals surface area contributed by atoms with Gasteiger partial charge in [0, 0.05) is 11.4 Å². The minimum atomic E-state index is -0.643. The van der Waals surface area contributed by atoms with Crippen molar-refractivity contribution in [1.29, 1.82) is 0 Å². The van der Waals surface area contributed by atoms with E-state index in [4.69, 9.17) is 11.5 Å². The number of rotatable bonds is 6. The number of carbonyl (C=O) groups excluding carboxylic acids is 2. The van der Waals surface area contributed by atoms with Crippen molar-refractivity contribution < 1.29 is 19.8 Å². The first-order chi connectivity index (χ1) is 13.3. The van der Waals surface area contributed by atoms with Crippen LogP contribution in [0.4, 0.5) is 11.4 Å². The van der Waals surface area contributed by atoms with Crippen molar-refractivity contribution in [3.63, 3.8) is 0 Å². The van der Waals surface area contributed by atoms with E-state index in [1.54, 1.807) is 0 Å². The van der Waals surface area contributed by atoms with Gasteiger partial charge in [0.05, 0.1) is 32.0 Å². The van der Waals surface area contributed by atoms with Crippen molar-refractivity contribution in [3.05, 3.63) is 34.4 Å². The fourth-order valence-corrected chi connectivity index (χ4v) is 4.91. The van der Waals surface area contributed by atoms with Crippen LogP contribution in [0.25, 0.3) is 0 Å². The van der Waals surface area contributed by atoms with Crippen molar-refractivity contribution in [2.45, 2.75) is 36.5 Å². The van der Waals surface area contributed by atoms with Crippen LogP contribution >= 0.6 is 23.5 Å². The first-order valence-electron chi connectivity index (χ1n) is 8.99. The van der Waals surface area contributed by atoms with Gasteiger partial charge in [-0.2, -0.15) is 0 Å². The number of hydrogen-bond donors (Lipinski definition) is 4. The van der Waals surface area contributed by atoms with Crippen LogP contribution < -0.4 is 11.5 Å². The first kappa shape index (κ1) is 20.4. The van der Waals surface area contributed by atoms with Crippen LogP contribution in [0.1, 0.15) is 58.5 Å². The van der Waals surface area contributed by atoms with Crippen molar-refractivity contribution >= 4 is 46.5 Å². The Morgan fingerprint density at radius 1 is 0.750 bits per heavy atom. The largest absolute Gasteiger partial charge is 0.506 e. The molecule has 0 saturated carbocycles. The molecule has 0 spiro atoms. The number of nitrogens with two attached hydrogens (primary N) is 2. The highest BCUT2D eigenvalue weighted by Gasteiger charge is 2.39. The smallest absolute Gasteiger partial charge is 0.202 e. The van der Waals surface area contributed by atoms with Crippen molar-refractivity contribution in [2.24, 2.45) is 0 Å². The quantitative estimate of drug-likeness (QED) is 0.268. The van der Waals surface area contributed by atoms with Gasteiger partial charge in [-0.05, 0) is 36.5 Å². The molecule has 8 heteroatoms. The molecular weight excluding hydrogens is 396 g/mol. The molecule has 0 bridgehead atoms. The average molecular weight is 419 g/mol. The maximum atomic E-state index is 13.2. The van der Waals surface area contributed by atoms with Crippen LogP contribution in [0, 0.1) is 0 Å². The van der Waals surface area contributed by atoms with Crippen LogP contribution in [0.5, 0.6) is 11.5 Å². The highest BCUT2D eigenvalue weighted by atomic mass is 32.2. The summed E-state index contributed by atoms with van der Waals surface area (Å²) < 4.78 is 0. The van der Waals surface area contributed by atoms with Gasteiger partial charge in [0.15, 0.2) is 5.78 Å². The molecule has 0 aliphatic heterocycles. The summed E-state index contributed by atoms with van der Waals surface area (Å²) in [6.07, 6.45) is 1.73. The second kappa shape index (κ2) is 7.97. The Morgan fingerprint density at radius 3 is 1.46 bits per heavy atom. The summed E-state index contributed by atoms with van der Waals surface area (Å²) in [5.74, 6) is -0.325. The Balaban J connectivity index is 2.25. The topological polar surface area (TPSA) is 127 Å². The van der Waals surface area contributed by atoms with Gasteiger partial charge in [-0.1, -0.05) is 13.8 Å². The molecule has 0 saturated heterocycles. The maximum absolute atomic E-state index is 13.2. The molecule has 6 nitrogen and oxygen atoms in total. The standard InChI is InChI=1S/C20H22N2O4S2/c1-3-5-27-11-7-9(21)13-15(17(11)23)20(26)16-14(19(13)25)10(22)8-12(18(16)24)28-6-4-2/h7-8,23-24H,3-6,21-22H2,1-2H3. The van der Waals surface area contributed by atoms with E-state index in [2.05, 4.69) is 0 Å². The molecule has 0 heterocycles. The Morgan fingerprint density at radius 2 is 1.11 bits per heavy atom. The van der Waals surface area contributed by atoms with E-state index in [0.717, 1.165) is 24.3 Å². The Kier molecular flexibility index (Phi) is 5.81. The average Bonchev–Trinajstić information content (AvgIpc) is 2.66. The van der Waals surface area contributed by atoms with E-state index in [0.29, 0.717) is 9.79 Å². The van der Waals surface area contributed by atoms with Gasteiger partial charge < -0.3 is 21.7 Å². The Bertz CT molecular complexity index is 914. The normalized spacial score (nSPS) is 12.8. The highest BCUT2D eigenvalue weighted by Crippen LogP contribution is 2.47. The monoisotopic (exact) mass is 418 g/mol. The van der Waals surface area contributed by atoms with Gasteiger partial charge >= 0.3 is 0 Å². The van der Waals surface area contributed by atoms with E-state index in [9.17, 15) is 19.8 Å². The van der Waals surface area contributed by atoms with E-state index in [1.165, 1.54) is 35.7 Å². The fraction of sp³-hybridized carbons (Fsp3) is 0.300. The maximum Gasteiger partial charge on any atom is 0.202 e. The summed E-state index contributed by atoms with van der Waals surface area (Å²) >= 11 is 2.71. The number of carbonyl (C=O) groups is 2. The van der Waals surface area contributed by atoms with E-state index in [1.807, 2.05) is 13.8 Å². The first-order valence-corrected chi connectivity index (χ1v) is 11.0. The number of aromatic hydroxyl groups is 2. The molecule has 0 aromatic heterocycles. The lowest BCUT2D eigenvalue weighted by molar-refractivity contribution is 0.0974. The van der Waals surface area contributed by atoms with Crippen LogP contribution in [0.15, 0.2) is 21.9 Å². The molecule has 148 valence electrons. The molecule has 0 radical (unpaired) electrons. The summed E-state index contributed by atoms with van der Waals surface area (Å²) in [5, 5.41) is 21.4. The van der Waals surface area contributed by atoms with Crippen LogP contribution in [0.3, 0.4) is 0 Å². The zero-order chi connectivity index (χ0) is 20.6. The summed E-state index contributed by atoms with van der Waals surface area (Å²) in [6.45, 7) is 3.99. The zero-order valence-electron chi connectivity index (χ0n) is 15.7. The zero-order valence-corrected chi connectivity index (χ0v) is 17.3. The van der Waals surface area contributed by atoms with Crippen molar-refractivity contribution in [1.82, 2.24) is 0 Å². The van der Waals surface area contributed by atoms with Gasteiger partial charge in [-0.25, -0.2) is 0 Å². The number of hydrogen-bond acceptors (Lipinski definition) is 8. The lowest BCUT2D eigenvalue weighted by atomic mass is 9.81. The predicted molar refractivity (Wildman–Crippen MR) is 114 cm³/mol. The van der Waals surface area contributed by atoms with Crippen molar-refractivity contribution in [2.75, 3.05) is 23.0 Å². The Labute approximate surface area is 171 Å². The van der Waals surface area contributed by atoms with E-state index in [-0.39, 0.29) is 45.1 Å². The minimum Gasteiger partial charge on any atom is -0.506 e. The fourth-order valence-electron chi connectivity index (χ4n) is 3.16. The summed E-state index contributed by atoms with van der Waals surface area (Å²) in [4.78, 5) is 27.2. The molecule has 6 N–H and O–H groups in total. The van der Waals surface area contributed by atoms with Gasteiger partial charge in [-0.15, -0.1) is 23.5 Å². The third-order valence-electron chi connectivity index (χ3n) is 4.42. The van der Waals surface area contributed by atoms with Gasteiger partial charge in [-0.3, -0.25) is 9.59 Å². The molecule has 1 aliphatic carbocycles. The summed E-state index contributed by atoms with van der Waals surface area (Å²) in [5.41, 5.74) is 11.9. The van der Waals surface area contributed by atoms with Crippen LogP contribution in [-0.4, -0.2) is 33.3 Å². The number of thioether (sulfide) groups is 2. The SMILES string of the molecule is CCCSc1cc(N)c2c(c1O)C(=O)c1c(O)c(SCCC)cc(N)c1C2=O. The number of phenolic OH excluding ortho intramolecular Hbond substituents is 2. The molecule has 0 unspecified atom stereocenters. The molecule has 1 aliphatic rings. The molecular formula is C20H22N2O4S2. The number of nitrogen functional groups attached to an aromatic ring is 2. The van der Waals surface area contributed by atoms with Crippen molar-refractivity contribution in [3.8, 4) is 11.5 Å². The summed E-state index contributed by atoms with van der Waals surface area (Å²) in [7, 11) is 0. The van der Waals surface area contributed by atoms with E-state index < -0.39 is 11.6 Å². The van der Waals surface area contributed by atoms with Gasteiger partial charge in [0.25, 0.3) is 0 Å². The third kappa shape index (κ3) is 3.20. The molecule has 3 rings (SSSR count). The lowest BCUT2D eigenvalue weighted by Crippen LogP contribution is -2.24. The predicted octanol–water partition coefficient (Wildman–Crippen LogP) is 4.04. The molecule has 0 atom stereocenters. The molecule has 2 aromatic carbocycles. The Hall–Kier alpha value is -2.32. The molecule has 2 aromatic rings. The second-order valence-electron chi connectivity index (χ2n) is 6.48. The highest BCUT2D eigenvalue weighted by molar-refractivity contribution is 7.99. The third-order valence-corrected chi connectivity index (χ3v) is 6.89. The molecule has 28 heavy (non-hydrogen) atoms. The van der Waals surface area contributed by atoms with Gasteiger partial charge in [0.2, 0.25) is 5.78 Å². The number of fused-ring (bicyclic) bond motifs is 2. The van der Waals surface area contributed by atoms with Gasteiger partial charge in [0.1, 0.15) is 11.5 Å². The lowest BCUT2D eigenvalue weighted by Gasteiger charge is -2.24. The minimum absolute atomic E-state index is 0.0593. The number of ketones is 2. The molecule has 0 fully saturated rings. The number of phenols is 2.